The molecular formula is C33H18F9N7OS4. The third-order valence-corrected chi connectivity index (χ3v) is 10.9. The maximum absolute atomic E-state index is 12.6. The zero-order chi connectivity index (χ0) is 38.8. The first kappa shape index (κ1) is 38.6. The lowest BCUT2D eigenvalue weighted by molar-refractivity contribution is -0.138. The predicted octanol–water partition coefficient (Wildman–Crippen LogP) is 13.6. The largest absolute Gasteiger partial charge is 0.416 e. The van der Waals surface area contributed by atoms with Gasteiger partial charge in [-0.25, -0.2) is 9.97 Å². The summed E-state index contributed by atoms with van der Waals surface area (Å²) in [6.07, 6.45) is -13.3. The molecule has 0 amide bonds. The van der Waals surface area contributed by atoms with Gasteiger partial charge in [0.15, 0.2) is 10.9 Å². The molecule has 0 aliphatic heterocycles. The molecule has 0 unspecified atom stereocenters. The van der Waals surface area contributed by atoms with E-state index in [2.05, 4.69) is 30.4 Å². The van der Waals surface area contributed by atoms with Gasteiger partial charge in [-0.2, -0.15) is 39.5 Å². The Labute approximate surface area is 313 Å². The summed E-state index contributed by atoms with van der Waals surface area (Å²) in [5.41, 5.74) is 4.03. The van der Waals surface area contributed by atoms with Crippen LogP contribution >= 0.6 is 45.3 Å². The number of alkyl halides is 9. The van der Waals surface area contributed by atoms with E-state index < -0.39 is 35.2 Å². The third-order valence-electron chi connectivity index (χ3n) is 6.98. The molecule has 21 heteroatoms. The van der Waals surface area contributed by atoms with Crippen molar-refractivity contribution in [1.82, 2.24) is 9.97 Å². The number of thiazole rings is 2. The van der Waals surface area contributed by atoms with Crippen LogP contribution in [-0.2, 0) is 24.9 Å². The van der Waals surface area contributed by atoms with Crippen molar-refractivity contribution in [2.45, 2.75) is 24.9 Å². The predicted molar refractivity (Wildman–Crippen MR) is 190 cm³/mol. The number of hydrogen-bond acceptors (Lipinski definition) is 12. The number of fused-ring (bicyclic) bond motifs is 2. The Morgan fingerprint density at radius 2 is 0.963 bits per heavy atom. The van der Waals surface area contributed by atoms with Crippen LogP contribution in [0, 0.1) is 0 Å². The molecule has 0 bridgehead atoms. The number of halogens is 9. The van der Waals surface area contributed by atoms with Crippen LogP contribution in [0.15, 0.2) is 105 Å². The van der Waals surface area contributed by atoms with Gasteiger partial charge in [0.25, 0.3) is 0 Å². The zero-order valence-corrected chi connectivity index (χ0v) is 29.8. The fourth-order valence-electron chi connectivity index (χ4n) is 4.41. The molecule has 8 nitrogen and oxygen atoms in total. The first-order valence-electron chi connectivity index (χ1n) is 14.8. The molecule has 0 atom stereocenters. The second-order valence-electron chi connectivity index (χ2n) is 10.8. The van der Waals surface area contributed by atoms with Crippen molar-refractivity contribution < 1.29 is 44.3 Å². The summed E-state index contributed by atoms with van der Waals surface area (Å²) in [7, 11) is 0. The summed E-state index contributed by atoms with van der Waals surface area (Å²) in [6.45, 7) is 0. The quantitative estimate of drug-likeness (QED) is 0.0977. The average Bonchev–Trinajstić information content (AvgIpc) is 3.86. The second-order valence-corrected chi connectivity index (χ2v) is 15.0. The molecule has 54 heavy (non-hydrogen) atoms. The highest BCUT2D eigenvalue weighted by molar-refractivity contribution is 7.30. The van der Waals surface area contributed by atoms with Crippen molar-refractivity contribution in [3.8, 4) is 0 Å². The standard InChI is InChI=1S/C21H11F6N3OS2.C12H7F3N4S2/c22-20(23,24)12-3-1-11(2-4-12)15(31)9-17-28-19-16(32-17)10-18(33-19)30-29-14-7-5-13(6-8-14)21(25,26)27;13-12(14,15)6-1-3-7(4-2-6)18-19-9-5-8-10(21-9)17-11(16)20-8/h1-8,10H,9H2;1-5H,(H2,16,17). The van der Waals surface area contributed by atoms with Crippen molar-refractivity contribution in [2.24, 2.45) is 20.5 Å². The minimum absolute atomic E-state index is 0.0557. The lowest BCUT2D eigenvalue weighted by Gasteiger charge is -2.06. The molecule has 0 radical (unpaired) electrons. The van der Waals surface area contributed by atoms with Crippen LogP contribution in [0.2, 0.25) is 0 Å². The molecule has 278 valence electrons. The molecule has 2 N–H and O–H groups in total. The number of nitrogens with two attached hydrogens (primary N) is 1. The van der Waals surface area contributed by atoms with Crippen LogP contribution in [0.5, 0.6) is 0 Å². The number of nitrogens with zero attached hydrogens (tertiary/aromatic N) is 6. The SMILES string of the molecule is Nc1nc2sc(N=Nc3ccc(C(F)(F)F)cc3)cc2s1.O=C(Cc1nc2sc(N=Nc3ccc(C(F)(F)F)cc3)cc2s1)c1ccc(C(F)(F)F)cc1. The summed E-state index contributed by atoms with van der Waals surface area (Å²) in [5, 5.41) is 18.0. The molecule has 0 spiro atoms. The van der Waals surface area contributed by atoms with E-state index in [1.807, 2.05) is 0 Å². The number of Topliss-reactive ketones (excluding diaryl/α,β-unsaturated/α-hetero) is 1. The van der Waals surface area contributed by atoms with Gasteiger partial charge >= 0.3 is 18.5 Å². The number of carbonyl (C=O) groups excluding carboxylic acids is 1. The van der Waals surface area contributed by atoms with Crippen LogP contribution in [0.25, 0.3) is 19.1 Å². The Balaban J connectivity index is 0.000000203. The summed E-state index contributed by atoms with van der Waals surface area (Å²) in [5.74, 6) is -0.354. The van der Waals surface area contributed by atoms with Gasteiger partial charge in [0.05, 0.1) is 43.9 Å². The van der Waals surface area contributed by atoms with Gasteiger partial charge in [0.1, 0.15) is 24.7 Å². The van der Waals surface area contributed by atoms with Crippen molar-refractivity contribution in [1.29, 1.82) is 0 Å². The van der Waals surface area contributed by atoms with Gasteiger partial charge in [-0.1, -0.05) is 46.1 Å². The van der Waals surface area contributed by atoms with Crippen LogP contribution in [0.3, 0.4) is 0 Å². The fraction of sp³-hybridized carbons (Fsp3) is 0.121. The molecule has 7 aromatic rings. The van der Waals surface area contributed by atoms with Gasteiger partial charge in [-0.05, 0) is 72.8 Å². The fourth-order valence-corrected chi connectivity index (χ4v) is 8.27. The molecule has 0 saturated carbocycles. The van der Waals surface area contributed by atoms with E-state index in [4.69, 9.17) is 5.73 Å². The second kappa shape index (κ2) is 15.3. The summed E-state index contributed by atoms with van der Waals surface area (Å²) < 4.78 is 115. The Hall–Kier alpha value is -5.12. The summed E-state index contributed by atoms with van der Waals surface area (Å²) in [4.78, 5) is 22.2. The number of ketones is 1. The number of azo groups is 2. The van der Waals surface area contributed by atoms with Crippen LogP contribution in [0.1, 0.15) is 32.1 Å². The van der Waals surface area contributed by atoms with Crippen molar-refractivity contribution in [3.63, 3.8) is 0 Å². The molecule has 7 rings (SSSR count). The van der Waals surface area contributed by atoms with Crippen LogP contribution in [-0.4, -0.2) is 15.8 Å². The van der Waals surface area contributed by atoms with Gasteiger partial charge in [0.2, 0.25) is 0 Å². The number of nitrogen functional groups attached to an aromatic ring is 1. The average molecular weight is 828 g/mol. The maximum Gasteiger partial charge on any atom is 0.416 e. The normalized spacial score (nSPS) is 12.6. The minimum Gasteiger partial charge on any atom is -0.375 e. The smallest absolute Gasteiger partial charge is 0.375 e. The zero-order valence-electron chi connectivity index (χ0n) is 26.5. The van der Waals surface area contributed by atoms with E-state index in [0.717, 1.165) is 62.8 Å². The minimum atomic E-state index is -4.47. The molecule has 4 aromatic heterocycles. The molecule has 0 aliphatic rings. The van der Waals surface area contributed by atoms with Crippen molar-refractivity contribution in [3.05, 3.63) is 112 Å². The molecule has 0 fully saturated rings. The summed E-state index contributed by atoms with van der Waals surface area (Å²) >= 11 is 5.11. The maximum atomic E-state index is 12.6. The first-order chi connectivity index (χ1) is 25.4. The number of thiophene rings is 2. The van der Waals surface area contributed by atoms with Gasteiger partial charge in [-0.15, -0.1) is 31.8 Å². The molecule has 0 aliphatic carbocycles. The number of rotatable bonds is 7. The van der Waals surface area contributed by atoms with Crippen LogP contribution in [0.4, 0.5) is 66.0 Å². The van der Waals surface area contributed by atoms with Crippen molar-refractivity contribution in [2.75, 3.05) is 5.73 Å². The topological polar surface area (TPSA) is 118 Å². The molecule has 0 saturated heterocycles. The molecule has 4 heterocycles. The monoisotopic (exact) mass is 827 g/mol. The van der Waals surface area contributed by atoms with E-state index >= 15 is 0 Å². The van der Waals surface area contributed by atoms with E-state index in [0.29, 0.717) is 30.7 Å². The number of carbonyl (C=O) groups is 1. The Morgan fingerprint density at radius 1 is 0.556 bits per heavy atom. The number of benzene rings is 3. The Bertz CT molecular complexity index is 2400. The Morgan fingerprint density at radius 3 is 1.37 bits per heavy atom. The van der Waals surface area contributed by atoms with Crippen molar-refractivity contribution >= 4 is 96.7 Å². The lowest BCUT2D eigenvalue weighted by Crippen LogP contribution is -2.07. The van der Waals surface area contributed by atoms with Gasteiger partial charge in [0, 0.05) is 5.56 Å². The van der Waals surface area contributed by atoms with Gasteiger partial charge in [-0.3, -0.25) is 4.79 Å². The van der Waals surface area contributed by atoms with E-state index in [9.17, 15) is 44.3 Å². The highest BCUT2D eigenvalue weighted by Gasteiger charge is 2.31. The van der Waals surface area contributed by atoms with E-state index in [1.54, 1.807) is 12.1 Å². The molecule has 3 aromatic carbocycles. The third kappa shape index (κ3) is 9.70. The van der Waals surface area contributed by atoms with Crippen LogP contribution < -0.4 is 5.73 Å². The number of aromatic nitrogens is 2. The highest BCUT2D eigenvalue weighted by Crippen LogP contribution is 2.39. The highest BCUT2D eigenvalue weighted by atomic mass is 32.1. The number of hydrogen-bond donors (Lipinski definition) is 1. The van der Waals surface area contributed by atoms with E-state index in [-0.39, 0.29) is 23.5 Å². The first-order valence-corrected chi connectivity index (χ1v) is 18.1. The molecular weight excluding hydrogens is 810 g/mol. The number of anilines is 1. The Kier molecular flexibility index (Phi) is 11.0. The van der Waals surface area contributed by atoms with Gasteiger partial charge < -0.3 is 5.73 Å². The lowest BCUT2D eigenvalue weighted by atomic mass is 10.1. The summed E-state index contributed by atoms with van der Waals surface area (Å²) in [6, 6.07) is 16.3. The van der Waals surface area contributed by atoms with E-state index in [1.165, 1.54) is 69.6 Å².